The van der Waals surface area contributed by atoms with Gasteiger partial charge in [0.05, 0.1) is 11.4 Å². The number of fused-ring (bicyclic) bond motifs is 6. The second-order valence-electron chi connectivity index (χ2n) is 11.6. The highest BCUT2D eigenvalue weighted by Gasteiger charge is 2.22. The first kappa shape index (κ1) is 26.2. The van der Waals surface area contributed by atoms with Crippen molar-refractivity contribution < 1.29 is 4.42 Å². The molecule has 0 aliphatic rings. The smallest absolute Gasteiger partial charge is 0.227 e. The maximum Gasteiger partial charge on any atom is 0.227 e. The Bertz CT molecular complexity index is 2510. The summed E-state index contributed by atoms with van der Waals surface area (Å²) in [6.07, 6.45) is 0. The van der Waals surface area contributed by atoms with Crippen LogP contribution in [-0.4, -0.2) is 4.98 Å². The van der Waals surface area contributed by atoms with Crippen LogP contribution in [0.15, 0.2) is 174 Å². The minimum Gasteiger partial charge on any atom is -0.435 e. The van der Waals surface area contributed by atoms with Crippen LogP contribution in [0.2, 0.25) is 0 Å². The lowest BCUT2D eigenvalue weighted by molar-refractivity contribution is 0.623. The molecule has 0 fully saturated rings. The summed E-state index contributed by atoms with van der Waals surface area (Å²) in [5.41, 5.74) is 8.23. The third-order valence-corrected chi connectivity index (χ3v) is 8.86. The highest BCUT2D eigenvalue weighted by atomic mass is 16.3. The molecule has 46 heavy (non-hydrogen) atoms. The molecule has 0 N–H and O–H groups in total. The summed E-state index contributed by atoms with van der Waals surface area (Å²) < 4.78 is 6.67. The summed E-state index contributed by atoms with van der Waals surface area (Å²) in [6.45, 7) is 0. The van der Waals surface area contributed by atoms with Crippen LogP contribution in [0, 0.1) is 0 Å². The fourth-order valence-corrected chi connectivity index (χ4v) is 6.77. The number of anilines is 3. The monoisotopic (exact) mass is 588 g/mol. The summed E-state index contributed by atoms with van der Waals surface area (Å²) in [4.78, 5) is 7.34. The quantitative estimate of drug-likeness (QED) is 0.187. The van der Waals surface area contributed by atoms with Crippen molar-refractivity contribution in [3.8, 4) is 22.6 Å². The molecule has 0 aliphatic heterocycles. The molecule has 0 atom stereocenters. The standard InChI is InChI=1S/C43H28N2O/c1-4-14-30(15-5-1)36-28-37-34(41-35(36)26-27-38-42(41)46-43(44-38)31-17-6-2-7-18-31)23-13-25-40(37)45(32-20-8-3-9-21-32)39-24-12-19-29-16-10-11-22-33(29)39/h1-28H. The summed E-state index contributed by atoms with van der Waals surface area (Å²) in [5.74, 6) is 0.624. The van der Waals surface area contributed by atoms with Gasteiger partial charge in [-0.3, -0.25) is 0 Å². The van der Waals surface area contributed by atoms with E-state index in [-0.39, 0.29) is 0 Å². The Balaban J connectivity index is 1.41. The predicted molar refractivity (Wildman–Crippen MR) is 192 cm³/mol. The Morgan fingerprint density at radius 1 is 0.457 bits per heavy atom. The summed E-state index contributed by atoms with van der Waals surface area (Å²) in [7, 11) is 0. The summed E-state index contributed by atoms with van der Waals surface area (Å²) in [5, 5.41) is 6.85. The van der Waals surface area contributed by atoms with Crippen LogP contribution in [-0.2, 0) is 0 Å². The first-order chi connectivity index (χ1) is 22.8. The number of oxazole rings is 1. The minimum atomic E-state index is 0.624. The van der Waals surface area contributed by atoms with Gasteiger partial charge in [-0.15, -0.1) is 0 Å². The van der Waals surface area contributed by atoms with Gasteiger partial charge in [0.15, 0.2) is 5.58 Å². The number of benzene rings is 8. The number of hydrogen-bond donors (Lipinski definition) is 0. The molecule has 3 heteroatoms. The van der Waals surface area contributed by atoms with Crippen LogP contribution in [0.25, 0.3) is 66.0 Å². The zero-order chi connectivity index (χ0) is 30.5. The van der Waals surface area contributed by atoms with E-state index in [4.69, 9.17) is 9.40 Å². The first-order valence-electron chi connectivity index (χ1n) is 15.6. The molecular weight excluding hydrogens is 560 g/mol. The van der Waals surface area contributed by atoms with Gasteiger partial charge in [0.1, 0.15) is 5.52 Å². The normalized spacial score (nSPS) is 11.5. The van der Waals surface area contributed by atoms with E-state index in [2.05, 4.69) is 144 Å². The average Bonchev–Trinajstić information content (AvgIpc) is 3.58. The molecule has 1 heterocycles. The molecule has 0 radical (unpaired) electrons. The molecule has 9 aromatic rings. The zero-order valence-corrected chi connectivity index (χ0v) is 25.0. The Labute approximate surface area is 266 Å². The van der Waals surface area contributed by atoms with E-state index >= 15 is 0 Å². The molecule has 1 aromatic heterocycles. The molecule has 8 aromatic carbocycles. The van der Waals surface area contributed by atoms with E-state index in [1.54, 1.807) is 0 Å². The number of nitrogens with zero attached hydrogens (tertiary/aromatic N) is 2. The predicted octanol–water partition coefficient (Wildman–Crippen LogP) is 12.1. The number of rotatable bonds is 5. The van der Waals surface area contributed by atoms with Gasteiger partial charge in [0.25, 0.3) is 0 Å². The van der Waals surface area contributed by atoms with Gasteiger partial charge in [-0.25, -0.2) is 4.98 Å². The highest BCUT2D eigenvalue weighted by molar-refractivity contribution is 6.24. The molecule has 0 amide bonds. The lowest BCUT2D eigenvalue weighted by Crippen LogP contribution is -2.11. The van der Waals surface area contributed by atoms with Crippen LogP contribution in [0.1, 0.15) is 0 Å². The second-order valence-corrected chi connectivity index (χ2v) is 11.6. The molecule has 0 aliphatic carbocycles. The van der Waals surface area contributed by atoms with E-state index in [1.165, 1.54) is 10.8 Å². The van der Waals surface area contributed by atoms with Crippen molar-refractivity contribution in [3.05, 3.63) is 170 Å². The van der Waals surface area contributed by atoms with E-state index in [9.17, 15) is 0 Å². The van der Waals surface area contributed by atoms with Gasteiger partial charge >= 0.3 is 0 Å². The fraction of sp³-hybridized carbons (Fsp3) is 0. The van der Waals surface area contributed by atoms with Crippen LogP contribution in [0.4, 0.5) is 17.1 Å². The van der Waals surface area contributed by atoms with Crippen molar-refractivity contribution >= 4 is 60.5 Å². The molecule has 3 nitrogen and oxygen atoms in total. The third-order valence-electron chi connectivity index (χ3n) is 8.86. The first-order valence-corrected chi connectivity index (χ1v) is 15.6. The Morgan fingerprint density at radius 2 is 1.07 bits per heavy atom. The molecule has 0 unspecified atom stereocenters. The van der Waals surface area contributed by atoms with Gasteiger partial charge in [-0.05, 0) is 75.8 Å². The molecular formula is C43H28N2O. The van der Waals surface area contributed by atoms with Crippen LogP contribution < -0.4 is 4.90 Å². The van der Waals surface area contributed by atoms with E-state index in [0.29, 0.717) is 5.89 Å². The lowest BCUT2D eigenvalue weighted by atomic mass is 9.91. The van der Waals surface area contributed by atoms with E-state index in [1.807, 2.05) is 30.3 Å². The van der Waals surface area contributed by atoms with Crippen molar-refractivity contribution in [2.45, 2.75) is 0 Å². The second kappa shape index (κ2) is 10.8. The lowest BCUT2D eigenvalue weighted by Gasteiger charge is -2.28. The topological polar surface area (TPSA) is 29.3 Å². The summed E-state index contributed by atoms with van der Waals surface area (Å²) in [6, 6.07) is 59.8. The average molecular weight is 589 g/mol. The fourth-order valence-electron chi connectivity index (χ4n) is 6.77. The van der Waals surface area contributed by atoms with Crippen LogP contribution in [0.3, 0.4) is 0 Å². The SMILES string of the molecule is c1ccc(-c2nc3ccc4c(-c5ccccc5)cc5c(N(c6ccccc6)c6cccc7ccccc67)cccc5c4c3o2)cc1. The van der Waals surface area contributed by atoms with Gasteiger partial charge in [0.2, 0.25) is 5.89 Å². The molecule has 0 bridgehead atoms. The van der Waals surface area contributed by atoms with Gasteiger partial charge in [-0.1, -0.05) is 121 Å². The van der Waals surface area contributed by atoms with Gasteiger partial charge < -0.3 is 9.32 Å². The molecule has 0 spiro atoms. The van der Waals surface area contributed by atoms with Gasteiger partial charge in [0, 0.05) is 27.4 Å². The van der Waals surface area contributed by atoms with Crippen molar-refractivity contribution in [3.63, 3.8) is 0 Å². The van der Waals surface area contributed by atoms with Gasteiger partial charge in [-0.2, -0.15) is 0 Å². The maximum absolute atomic E-state index is 6.67. The number of para-hydroxylation sites is 1. The van der Waals surface area contributed by atoms with Crippen molar-refractivity contribution in [1.82, 2.24) is 4.98 Å². The Morgan fingerprint density at radius 3 is 1.85 bits per heavy atom. The molecule has 9 rings (SSSR count). The third kappa shape index (κ3) is 4.25. The number of aromatic nitrogens is 1. The largest absolute Gasteiger partial charge is 0.435 e. The van der Waals surface area contributed by atoms with Crippen LogP contribution in [0.5, 0.6) is 0 Å². The van der Waals surface area contributed by atoms with E-state index in [0.717, 1.165) is 66.4 Å². The Hall–Kier alpha value is -6.19. The van der Waals surface area contributed by atoms with Crippen molar-refractivity contribution in [1.29, 1.82) is 0 Å². The molecule has 0 saturated heterocycles. The number of hydrogen-bond acceptors (Lipinski definition) is 3. The van der Waals surface area contributed by atoms with Crippen molar-refractivity contribution in [2.24, 2.45) is 0 Å². The highest BCUT2D eigenvalue weighted by Crippen LogP contribution is 2.46. The maximum atomic E-state index is 6.67. The summed E-state index contributed by atoms with van der Waals surface area (Å²) >= 11 is 0. The molecule has 0 saturated carbocycles. The van der Waals surface area contributed by atoms with Crippen LogP contribution >= 0.6 is 0 Å². The zero-order valence-electron chi connectivity index (χ0n) is 25.0. The van der Waals surface area contributed by atoms with Crippen molar-refractivity contribution in [2.75, 3.05) is 4.90 Å². The molecule has 216 valence electrons. The Kier molecular flexibility index (Phi) is 6.14. The minimum absolute atomic E-state index is 0.624. The van der Waals surface area contributed by atoms with E-state index < -0.39 is 0 Å².